The largest absolute Gasteiger partial charge is 0.441 e. The second-order valence-corrected chi connectivity index (χ2v) is 6.22. The highest BCUT2D eigenvalue weighted by atomic mass is 35.5. The summed E-state index contributed by atoms with van der Waals surface area (Å²) >= 11 is 12.2. The van der Waals surface area contributed by atoms with Crippen LogP contribution < -0.4 is 11.1 Å². The monoisotopic (exact) mass is 391 g/mol. The normalized spacial score (nSPS) is 10.5. The number of ether oxygens (including phenoxy) is 1. The van der Waals surface area contributed by atoms with Crippen molar-refractivity contribution in [1.29, 1.82) is 0 Å². The summed E-state index contributed by atoms with van der Waals surface area (Å²) in [4.78, 5) is 10.6. The third-order valence-corrected chi connectivity index (χ3v) is 4.47. The molecule has 3 N–H and O–H groups in total. The predicted molar refractivity (Wildman–Crippen MR) is 100 cm³/mol. The molecule has 3 rings (SSSR count). The van der Waals surface area contributed by atoms with Crippen LogP contribution in [0.15, 0.2) is 53.1 Å². The van der Waals surface area contributed by atoms with E-state index in [1.165, 1.54) is 0 Å². The number of hydrogen-bond acceptors (Lipinski definition) is 5. The molecule has 0 radical (unpaired) electrons. The molecule has 0 atom stereocenters. The van der Waals surface area contributed by atoms with Crippen LogP contribution in [0.3, 0.4) is 0 Å². The van der Waals surface area contributed by atoms with E-state index in [9.17, 15) is 4.79 Å². The molecule has 0 aliphatic rings. The number of nitrogens with one attached hydrogen (secondary N) is 1. The molecule has 0 unspecified atom stereocenters. The highest BCUT2D eigenvalue weighted by Gasteiger charge is 2.08. The van der Waals surface area contributed by atoms with Crippen molar-refractivity contribution in [3.8, 4) is 11.3 Å². The van der Waals surface area contributed by atoms with Crippen molar-refractivity contribution in [2.45, 2.75) is 13.2 Å². The smallest absolute Gasteiger partial charge is 0.404 e. The molecule has 1 amide bonds. The van der Waals surface area contributed by atoms with Crippen molar-refractivity contribution in [2.75, 3.05) is 5.32 Å². The van der Waals surface area contributed by atoms with E-state index in [-0.39, 0.29) is 6.61 Å². The molecule has 0 spiro atoms. The third-order valence-electron chi connectivity index (χ3n) is 3.61. The van der Waals surface area contributed by atoms with E-state index in [1.54, 1.807) is 12.1 Å². The van der Waals surface area contributed by atoms with Crippen LogP contribution in [0.25, 0.3) is 11.3 Å². The Balaban J connectivity index is 1.63. The minimum atomic E-state index is -0.863. The molecule has 8 heteroatoms. The maximum absolute atomic E-state index is 10.6. The van der Waals surface area contributed by atoms with Crippen LogP contribution in [0.5, 0.6) is 0 Å². The minimum Gasteiger partial charge on any atom is -0.441 e. The van der Waals surface area contributed by atoms with Crippen molar-refractivity contribution in [3.63, 3.8) is 0 Å². The summed E-state index contributed by atoms with van der Waals surface area (Å²) in [6.07, 6.45) is -0.863. The Morgan fingerprint density at radius 2 is 1.96 bits per heavy atom. The van der Waals surface area contributed by atoms with Crippen molar-refractivity contribution >= 4 is 35.0 Å². The van der Waals surface area contributed by atoms with Gasteiger partial charge in [-0.2, -0.15) is 0 Å². The van der Waals surface area contributed by atoms with Crippen LogP contribution in [0, 0.1) is 0 Å². The molecule has 0 bridgehead atoms. The number of halogens is 2. The highest BCUT2D eigenvalue weighted by Crippen LogP contribution is 2.27. The first-order valence-electron chi connectivity index (χ1n) is 7.68. The zero-order chi connectivity index (χ0) is 18.5. The number of amides is 1. The Bertz CT molecular complexity index is 910. The fourth-order valence-electron chi connectivity index (χ4n) is 2.30. The van der Waals surface area contributed by atoms with Crippen LogP contribution >= 0.6 is 23.2 Å². The summed E-state index contributed by atoms with van der Waals surface area (Å²) in [5.41, 5.74) is 8.26. The quantitative estimate of drug-likeness (QED) is 0.626. The van der Waals surface area contributed by atoms with Gasteiger partial charge in [0.05, 0.1) is 10.0 Å². The highest BCUT2D eigenvalue weighted by molar-refractivity contribution is 6.42. The number of hydrogen-bond donors (Lipinski definition) is 2. The first-order valence-corrected chi connectivity index (χ1v) is 8.43. The molecule has 0 saturated carbocycles. The molecular weight excluding hydrogens is 377 g/mol. The van der Waals surface area contributed by atoms with Gasteiger partial charge >= 0.3 is 6.09 Å². The Labute approximate surface area is 159 Å². The van der Waals surface area contributed by atoms with E-state index in [0.29, 0.717) is 28.0 Å². The van der Waals surface area contributed by atoms with E-state index >= 15 is 0 Å². The average molecular weight is 392 g/mol. The zero-order valence-corrected chi connectivity index (χ0v) is 15.1. The number of nitrogens with two attached hydrogens (primary N) is 1. The Morgan fingerprint density at radius 3 is 2.69 bits per heavy atom. The van der Waals surface area contributed by atoms with Gasteiger partial charge in [-0.05, 0) is 23.8 Å². The average Bonchev–Trinajstić information content (AvgIpc) is 3.11. The van der Waals surface area contributed by atoms with E-state index in [1.807, 2.05) is 36.4 Å². The van der Waals surface area contributed by atoms with Gasteiger partial charge in [0.2, 0.25) is 0 Å². The first-order chi connectivity index (χ1) is 12.5. The van der Waals surface area contributed by atoms with Crippen LogP contribution in [-0.4, -0.2) is 11.2 Å². The number of aromatic nitrogens is 1. The van der Waals surface area contributed by atoms with Gasteiger partial charge in [0, 0.05) is 23.9 Å². The van der Waals surface area contributed by atoms with Crippen molar-refractivity contribution < 1.29 is 14.1 Å². The molecule has 134 valence electrons. The Morgan fingerprint density at radius 1 is 1.19 bits per heavy atom. The topological polar surface area (TPSA) is 90.4 Å². The fourth-order valence-corrected chi connectivity index (χ4v) is 2.69. The molecular formula is C18H15Cl2N3O3. The summed E-state index contributed by atoms with van der Waals surface area (Å²) in [5.74, 6) is 0.414. The zero-order valence-electron chi connectivity index (χ0n) is 13.5. The molecule has 0 fully saturated rings. The van der Waals surface area contributed by atoms with Gasteiger partial charge in [-0.25, -0.2) is 4.79 Å². The molecule has 0 aliphatic heterocycles. The van der Waals surface area contributed by atoms with E-state index in [4.69, 9.17) is 33.5 Å². The summed E-state index contributed by atoms with van der Waals surface area (Å²) in [6, 6.07) is 14.9. The first kappa shape index (κ1) is 18.1. The SMILES string of the molecule is NC(=O)OCc1cc(-c2ccc(NCc3cccc(Cl)c3Cl)cc2)no1. The molecule has 1 heterocycles. The minimum absolute atomic E-state index is 0.0532. The third kappa shape index (κ3) is 4.47. The van der Waals surface area contributed by atoms with Crippen LogP contribution in [0.1, 0.15) is 11.3 Å². The number of anilines is 1. The Hall–Kier alpha value is -2.70. The Kier molecular flexibility index (Phi) is 5.65. The molecule has 0 saturated heterocycles. The van der Waals surface area contributed by atoms with Crippen LogP contribution in [-0.2, 0) is 17.9 Å². The van der Waals surface area contributed by atoms with E-state index in [2.05, 4.69) is 15.2 Å². The molecule has 2 aromatic carbocycles. The van der Waals surface area contributed by atoms with Gasteiger partial charge in [0.25, 0.3) is 0 Å². The number of carbonyl (C=O) groups is 1. The number of benzene rings is 2. The van der Waals surface area contributed by atoms with Crippen LogP contribution in [0.4, 0.5) is 10.5 Å². The second-order valence-electron chi connectivity index (χ2n) is 5.43. The lowest BCUT2D eigenvalue weighted by Gasteiger charge is -2.09. The van der Waals surface area contributed by atoms with Crippen LogP contribution in [0.2, 0.25) is 10.0 Å². The summed E-state index contributed by atoms with van der Waals surface area (Å²) in [5, 5.41) is 8.32. The molecule has 26 heavy (non-hydrogen) atoms. The van der Waals surface area contributed by atoms with Gasteiger partial charge in [-0.15, -0.1) is 0 Å². The van der Waals surface area contributed by atoms with Gasteiger partial charge in [-0.3, -0.25) is 0 Å². The lowest BCUT2D eigenvalue weighted by atomic mass is 10.1. The molecule has 6 nitrogen and oxygen atoms in total. The standard InChI is InChI=1S/C18H15Cl2N3O3/c19-15-3-1-2-12(17(15)20)9-22-13-6-4-11(5-7-13)16-8-14(26-23-16)10-25-18(21)24/h1-8,22H,9-10H2,(H2,21,24). The molecule has 3 aromatic rings. The maximum atomic E-state index is 10.6. The summed E-state index contributed by atoms with van der Waals surface area (Å²) < 4.78 is 9.77. The second kappa shape index (κ2) is 8.12. The van der Waals surface area contributed by atoms with Gasteiger partial charge in [0.1, 0.15) is 5.69 Å². The summed E-state index contributed by atoms with van der Waals surface area (Å²) in [7, 11) is 0. The summed E-state index contributed by atoms with van der Waals surface area (Å²) in [6.45, 7) is 0.500. The molecule has 0 aliphatic carbocycles. The maximum Gasteiger partial charge on any atom is 0.404 e. The van der Waals surface area contributed by atoms with Crippen molar-refractivity contribution in [1.82, 2.24) is 5.16 Å². The predicted octanol–water partition coefficient (Wildman–Crippen LogP) is 4.86. The number of primary amides is 1. The lowest BCUT2D eigenvalue weighted by Crippen LogP contribution is -2.12. The number of nitrogens with zero attached hydrogens (tertiary/aromatic N) is 1. The number of carbonyl (C=O) groups excluding carboxylic acids is 1. The lowest BCUT2D eigenvalue weighted by molar-refractivity contribution is 0.137. The van der Waals surface area contributed by atoms with E-state index < -0.39 is 6.09 Å². The van der Waals surface area contributed by atoms with Gasteiger partial charge < -0.3 is 20.3 Å². The fraction of sp³-hybridized carbons (Fsp3) is 0.111. The van der Waals surface area contributed by atoms with Gasteiger partial charge in [0.15, 0.2) is 12.4 Å². The van der Waals surface area contributed by atoms with Crippen molar-refractivity contribution in [3.05, 3.63) is 69.9 Å². The van der Waals surface area contributed by atoms with Crippen molar-refractivity contribution in [2.24, 2.45) is 5.73 Å². The molecule has 1 aromatic heterocycles. The van der Waals surface area contributed by atoms with Gasteiger partial charge in [-0.1, -0.05) is 52.6 Å². The van der Waals surface area contributed by atoms with E-state index in [0.717, 1.165) is 16.8 Å². The number of rotatable bonds is 6.